The van der Waals surface area contributed by atoms with E-state index in [0.717, 1.165) is 24.6 Å². The minimum absolute atomic E-state index is 0.866. The third-order valence-corrected chi connectivity index (χ3v) is 3.03. The van der Waals surface area contributed by atoms with E-state index in [-0.39, 0.29) is 0 Å². The molecule has 0 atom stereocenters. The molecule has 3 heteroatoms. The first-order valence-electron chi connectivity index (χ1n) is 5.84. The Morgan fingerprint density at radius 1 is 1.06 bits per heavy atom. The quantitative estimate of drug-likeness (QED) is 0.687. The minimum atomic E-state index is 0.866. The molecular weight excluding hydrogens is 210 g/mol. The molecule has 0 aliphatic carbocycles. The number of allylic oxidation sites excluding steroid dienone is 3. The fourth-order valence-corrected chi connectivity index (χ4v) is 2.16. The molecule has 0 bridgehead atoms. The number of fused-ring (bicyclic) bond motifs is 3. The van der Waals surface area contributed by atoms with Gasteiger partial charge in [-0.25, -0.2) is 4.98 Å². The summed E-state index contributed by atoms with van der Waals surface area (Å²) >= 11 is 0. The van der Waals surface area contributed by atoms with Crippen LogP contribution >= 0.6 is 0 Å². The van der Waals surface area contributed by atoms with Gasteiger partial charge >= 0.3 is 0 Å². The van der Waals surface area contributed by atoms with Crippen LogP contribution in [0.3, 0.4) is 0 Å². The highest BCUT2D eigenvalue weighted by Crippen LogP contribution is 2.22. The molecule has 2 heterocycles. The smallest absolute Gasteiger partial charge is 0.206 e. The maximum atomic E-state index is 4.70. The van der Waals surface area contributed by atoms with E-state index < -0.39 is 0 Å². The van der Waals surface area contributed by atoms with Crippen LogP contribution in [-0.2, 0) is 6.54 Å². The van der Waals surface area contributed by atoms with Crippen molar-refractivity contribution in [3.8, 4) is 0 Å². The van der Waals surface area contributed by atoms with E-state index in [4.69, 9.17) is 4.98 Å². The van der Waals surface area contributed by atoms with E-state index in [9.17, 15) is 0 Å². The third kappa shape index (κ3) is 1.73. The topological polar surface area (TPSA) is 21.1 Å². The van der Waals surface area contributed by atoms with Crippen LogP contribution in [0.2, 0.25) is 0 Å². The normalized spacial score (nSPS) is 19.2. The molecule has 0 spiro atoms. The van der Waals surface area contributed by atoms with Crippen molar-refractivity contribution in [1.29, 1.82) is 0 Å². The number of likely N-dealkylation sites (N-methyl/N-ethyl adjacent to an activating group) is 1. The van der Waals surface area contributed by atoms with Gasteiger partial charge in [0.25, 0.3) is 0 Å². The fourth-order valence-electron chi connectivity index (χ4n) is 2.16. The van der Waals surface area contributed by atoms with Gasteiger partial charge < -0.3 is 9.47 Å². The number of imidazole rings is 1. The Hall–Kier alpha value is -2.03. The summed E-state index contributed by atoms with van der Waals surface area (Å²) in [5.74, 6) is 1.03. The number of nitrogens with zero attached hydrogens (tertiary/aromatic N) is 3. The lowest BCUT2D eigenvalue weighted by Gasteiger charge is -2.16. The number of benzene rings is 1. The van der Waals surface area contributed by atoms with Crippen molar-refractivity contribution >= 4 is 17.0 Å². The summed E-state index contributed by atoms with van der Waals surface area (Å²) in [4.78, 5) is 6.87. The van der Waals surface area contributed by atoms with Gasteiger partial charge in [0, 0.05) is 20.1 Å². The van der Waals surface area contributed by atoms with Crippen LogP contribution in [0.4, 0.5) is 5.95 Å². The summed E-state index contributed by atoms with van der Waals surface area (Å²) in [7, 11) is 2.08. The van der Waals surface area contributed by atoms with Crippen molar-refractivity contribution in [3.05, 3.63) is 48.6 Å². The van der Waals surface area contributed by atoms with Crippen molar-refractivity contribution in [2.75, 3.05) is 18.5 Å². The van der Waals surface area contributed by atoms with Gasteiger partial charge in [-0.15, -0.1) is 0 Å². The van der Waals surface area contributed by atoms with Gasteiger partial charge in [0.05, 0.1) is 11.0 Å². The van der Waals surface area contributed by atoms with Crippen LogP contribution in [-0.4, -0.2) is 23.1 Å². The van der Waals surface area contributed by atoms with E-state index in [1.54, 1.807) is 0 Å². The Kier molecular flexibility index (Phi) is 2.44. The van der Waals surface area contributed by atoms with Crippen molar-refractivity contribution in [3.63, 3.8) is 0 Å². The van der Waals surface area contributed by atoms with Gasteiger partial charge in [-0.2, -0.15) is 0 Å². The molecule has 17 heavy (non-hydrogen) atoms. The van der Waals surface area contributed by atoms with Crippen LogP contribution in [0.25, 0.3) is 11.0 Å². The molecule has 1 aromatic carbocycles. The maximum Gasteiger partial charge on any atom is 0.206 e. The summed E-state index contributed by atoms with van der Waals surface area (Å²) < 4.78 is 2.25. The molecule has 0 radical (unpaired) electrons. The van der Waals surface area contributed by atoms with Crippen LogP contribution in [0, 0.1) is 0 Å². The lowest BCUT2D eigenvalue weighted by molar-refractivity contribution is 0.808. The van der Waals surface area contributed by atoms with E-state index in [0.29, 0.717) is 0 Å². The summed E-state index contributed by atoms with van der Waals surface area (Å²) in [6, 6.07) is 8.28. The molecule has 0 saturated carbocycles. The molecule has 3 rings (SSSR count). The highest BCUT2D eigenvalue weighted by molar-refractivity contribution is 5.78. The van der Waals surface area contributed by atoms with E-state index in [1.807, 2.05) is 6.07 Å². The Morgan fingerprint density at radius 3 is 2.71 bits per heavy atom. The zero-order chi connectivity index (χ0) is 11.7. The second-order valence-electron chi connectivity index (χ2n) is 4.25. The van der Waals surface area contributed by atoms with Crippen LogP contribution < -0.4 is 4.90 Å². The molecule has 0 fully saturated rings. The van der Waals surface area contributed by atoms with Crippen LogP contribution in [0.5, 0.6) is 0 Å². The number of aromatic nitrogens is 2. The molecule has 0 N–H and O–H groups in total. The predicted octanol–water partition coefficient (Wildman–Crippen LogP) is 2.60. The number of rotatable bonds is 0. The fraction of sp³-hybridized carbons (Fsp3) is 0.214. The van der Waals surface area contributed by atoms with Gasteiger partial charge in [0.15, 0.2) is 0 Å². The molecule has 86 valence electrons. The maximum absolute atomic E-state index is 4.70. The molecule has 0 unspecified atom stereocenters. The van der Waals surface area contributed by atoms with E-state index in [2.05, 4.69) is 59.0 Å². The zero-order valence-corrected chi connectivity index (χ0v) is 9.87. The lowest BCUT2D eigenvalue weighted by Crippen LogP contribution is -2.20. The minimum Gasteiger partial charge on any atom is -0.342 e. The van der Waals surface area contributed by atoms with Gasteiger partial charge in [0.2, 0.25) is 5.95 Å². The second-order valence-corrected chi connectivity index (χ2v) is 4.25. The Bertz CT molecular complexity index is 593. The molecule has 2 aromatic rings. The Morgan fingerprint density at radius 2 is 1.82 bits per heavy atom. The molecule has 3 nitrogen and oxygen atoms in total. The Balaban J connectivity index is 2.21. The molecule has 0 saturated heterocycles. The SMILES string of the molecule is CN1C/C=C\C=C/Cn2c1nc1ccccc12. The Labute approximate surface area is 101 Å². The predicted molar refractivity (Wildman–Crippen MR) is 71.3 cm³/mol. The first-order valence-corrected chi connectivity index (χ1v) is 5.84. The van der Waals surface area contributed by atoms with Crippen LogP contribution in [0.15, 0.2) is 48.6 Å². The number of hydrogen-bond acceptors (Lipinski definition) is 2. The summed E-state index contributed by atoms with van der Waals surface area (Å²) in [5, 5.41) is 0. The molecular formula is C14H15N3. The largest absolute Gasteiger partial charge is 0.342 e. The van der Waals surface area contributed by atoms with Crippen molar-refractivity contribution in [1.82, 2.24) is 9.55 Å². The first-order chi connectivity index (χ1) is 8.36. The summed E-state index contributed by atoms with van der Waals surface area (Å²) in [5.41, 5.74) is 2.26. The number of hydrogen-bond donors (Lipinski definition) is 0. The number of para-hydroxylation sites is 2. The zero-order valence-electron chi connectivity index (χ0n) is 9.87. The monoisotopic (exact) mass is 225 g/mol. The van der Waals surface area contributed by atoms with Gasteiger partial charge in [-0.3, -0.25) is 0 Å². The number of anilines is 1. The average molecular weight is 225 g/mol. The lowest BCUT2D eigenvalue weighted by atomic mass is 10.3. The molecule has 0 amide bonds. The van der Waals surface area contributed by atoms with Gasteiger partial charge in [-0.1, -0.05) is 36.4 Å². The van der Waals surface area contributed by atoms with Crippen molar-refractivity contribution < 1.29 is 0 Å². The second kappa shape index (κ2) is 4.09. The van der Waals surface area contributed by atoms with Gasteiger partial charge in [-0.05, 0) is 12.1 Å². The first kappa shape index (κ1) is 10.1. The average Bonchev–Trinajstić information content (AvgIpc) is 2.74. The summed E-state index contributed by atoms with van der Waals surface area (Å²) in [6.07, 6.45) is 8.49. The third-order valence-electron chi connectivity index (χ3n) is 3.03. The van der Waals surface area contributed by atoms with E-state index >= 15 is 0 Å². The van der Waals surface area contributed by atoms with Crippen molar-refractivity contribution in [2.24, 2.45) is 0 Å². The molecule has 1 aromatic heterocycles. The van der Waals surface area contributed by atoms with Gasteiger partial charge in [0.1, 0.15) is 0 Å². The molecule has 1 aliphatic rings. The summed E-state index contributed by atoms with van der Waals surface area (Å²) in [6.45, 7) is 1.75. The standard InChI is InChI=1S/C14H15N3/c1-16-10-6-2-3-7-11-17-13-9-5-4-8-12(13)15-14(16)17/h2-9H,10-11H2,1H3/b6-2-,7-3-. The highest BCUT2D eigenvalue weighted by atomic mass is 15.3. The van der Waals surface area contributed by atoms with Crippen LogP contribution in [0.1, 0.15) is 0 Å². The highest BCUT2D eigenvalue weighted by Gasteiger charge is 2.12. The molecule has 1 aliphatic heterocycles. The van der Waals surface area contributed by atoms with Crippen molar-refractivity contribution in [2.45, 2.75) is 6.54 Å². The van der Waals surface area contributed by atoms with E-state index in [1.165, 1.54) is 5.52 Å².